The molecule has 3 N–H and O–H groups in total. The fraction of sp³-hybridized carbons (Fsp3) is 0.231. The van der Waals surface area contributed by atoms with Crippen molar-refractivity contribution in [1.29, 1.82) is 0 Å². The Balaban J connectivity index is 2.38. The second-order valence-corrected chi connectivity index (χ2v) is 9.59. The van der Waals surface area contributed by atoms with Gasteiger partial charge in [-0.25, -0.2) is 9.18 Å². The first-order valence-electron chi connectivity index (χ1n) is 10.6. The molecule has 0 amide bonds. The van der Waals surface area contributed by atoms with Crippen LogP contribution in [0.5, 0.6) is 0 Å². The van der Waals surface area contributed by atoms with Crippen molar-refractivity contribution in [3.05, 3.63) is 77.7 Å². The number of benzene rings is 2. The van der Waals surface area contributed by atoms with Gasteiger partial charge in [-0.05, 0) is 36.6 Å². The lowest BCUT2D eigenvalue weighted by Crippen LogP contribution is -2.43. The minimum atomic E-state index is -3.81. The monoisotopic (exact) mass is 481 g/mol. The molecule has 6 nitrogen and oxygen atoms in total. The maximum absolute atomic E-state index is 13.6. The predicted octanol–water partition coefficient (Wildman–Crippen LogP) is 4.70. The van der Waals surface area contributed by atoms with Crippen LogP contribution in [0.2, 0.25) is 0 Å². The molecule has 2 aromatic carbocycles. The fourth-order valence-corrected chi connectivity index (χ4v) is 4.26. The van der Waals surface area contributed by atoms with Crippen LogP contribution in [0.4, 0.5) is 4.39 Å². The molecule has 0 aliphatic carbocycles. The van der Waals surface area contributed by atoms with Crippen LogP contribution in [0.25, 0.3) is 22.4 Å². The molecule has 34 heavy (non-hydrogen) atoms. The molecule has 8 heteroatoms. The van der Waals surface area contributed by atoms with Crippen LogP contribution in [0.15, 0.2) is 60.7 Å². The number of aromatic nitrogens is 1. The topological polar surface area (TPSA) is 108 Å². The lowest BCUT2D eigenvalue weighted by Gasteiger charge is -2.23. The number of pyridine rings is 1. The van der Waals surface area contributed by atoms with Crippen molar-refractivity contribution in [1.82, 2.24) is 4.98 Å². The largest absolute Gasteiger partial charge is 0.480 e. The molecule has 3 aromatic rings. The molecule has 0 radical (unpaired) electrons. The maximum atomic E-state index is 13.6. The average Bonchev–Trinajstić information content (AvgIpc) is 2.79. The number of halogens is 1. The maximum Gasteiger partial charge on any atom is 0.334 e. The molecule has 3 rings (SSSR count). The molecule has 3 unspecified atom stereocenters. The molecule has 0 bridgehead atoms. The molecule has 0 spiro atoms. The van der Waals surface area contributed by atoms with Crippen LogP contribution in [-0.2, 0) is 9.36 Å². The van der Waals surface area contributed by atoms with Crippen molar-refractivity contribution in [3.63, 3.8) is 0 Å². The van der Waals surface area contributed by atoms with Crippen LogP contribution >= 0.6 is 8.03 Å². The van der Waals surface area contributed by atoms with Crippen molar-refractivity contribution >= 4 is 14.0 Å². The third-order valence-electron chi connectivity index (χ3n) is 5.51. The van der Waals surface area contributed by atoms with Gasteiger partial charge < -0.3 is 15.1 Å². The zero-order valence-corrected chi connectivity index (χ0v) is 19.9. The first-order valence-corrected chi connectivity index (χ1v) is 12.0. The number of carboxylic acids is 1. The molecule has 1 heterocycles. The van der Waals surface area contributed by atoms with Crippen molar-refractivity contribution in [3.8, 4) is 34.2 Å². The van der Waals surface area contributed by atoms with Crippen molar-refractivity contribution in [2.75, 3.05) is 0 Å². The molecule has 3 atom stereocenters. The van der Waals surface area contributed by atoms with Crippen LogP contribution in [-0.4, -0.2) is 37.3 Å². The lowest BCUT2D eigenvalue weighted by molar-refractivity contribution is -0.141. The van der Waals surface area contributed by atoms with Gasteiger partial charge >= 0.3 is 5.97 Å². The summed E-state index contributed by atoms with van der Waals surface area (Å²) >= 11 is 0. The highest BCUT2D eigenvalue weighted by atomic mass is 31.1. The van der Waals surface area contributed by atoms with E-state index in [1.165, 1.54) is 12.1 Å². The average molecular weight is 481 g/mol. The quantitative estimate of drug-likeness (QED) is 0.348. The van der Waals surface area contributed by atoms with E-state index in [-0.39, 0.29) is 5.92 Å². The summed E-state index contributed by atoms with van der Waals surface area (Å²) in [6.07, 6.45) is -1.71. The van der Waals surface area contributed by atoms with Crippen LogP contribution < -0.4 is 0 Å². The van der Waals surface area contributed by atoms with E-state index >= 15 is 0 Å². The Morgan fingerprint density at radius 1 is 1.06 bits per heavy atom. The number of nitrogens with zero attached hydrogens (tertiary/aromatic N) is 1. The van der Waals surface area contributed by atoms with Gasteiger partial charge in [0.05, 0.1) is 23.1 Å². The van der Waals surface area contributed by atoms with Crippen molar-refractivity contribution < 1.29 is 28.9 Å². The summed E-state index contributed by atoms with van der Waals surface area (Å²) in [5.41, 5.74) is 3.54. The third kappa shape index (κ3) is 4.95. The molecule has 0 aliphatic heterocycles. The summed E-state index contributed by atoms with van der Waals surface area (Å²) in [5.74, 6) is 2.89. The number of aliphatic carboxylic acids is 1. The number of carbonyl (C=O) groups is 1. The summed E-state index contributed by atoms with van der Waals surface area (Å²) in [5, 5.41) is 17.2. The van der Waals surface area contributed by atoms with Gasteiger partial charge in [-0.3, -0.25) is 9.55 Å². The van der Waals surface area contributed by atoms with Gasteiger partial charge in [-0.15, -0.1) is 0 Å². The Morgan fingerprint density at radius 2 is 1.68 bits per heavy atom. The Bertz CT molecular complexity index is 1260. The second kappa shape index (κ2) is 10.3. The van der Waals surface area contributed by atoms with E-state index in [4.69, 9.17) is 4.98 Å². The molecular weight excluding hydrogens is 456 g/mol. The normalized spacial score (nSPS) is 14.6. The van der Waals surface area contributed by atoms with E-state index in [2.05, 4.69) is 11.8 Å². The summed E-state index contributed by atoms with van der Waals surface area (Å²) < 4.78 is 25.7. The van der Waals surface area contributed by atoms with E-state index in [1.807, 2.05) is 44.2 Å². The van der Waals surface area contributed by atoms with Gasteiger partial charge in [-0.2, -0.15) is 0 Å². The van der Waals surface area contributed by atoms with Crippen LogP contribution in [0.3, 0.4) is 0 Å². The van der Waals surface area contributed by atoms with E-state index in [0.717, 1.165) is 12.5 Å². The highest BCUT2D eigenvalue weighted by Gasteiger charge is 2.47. The van der Waals surface area contributed by atoms with Crippen LogP contribution in [0, 0.1) is 17.7 Å². The van der Waals surface area contributed by atoms with Crippen LogP contribution in [0.1, 0.15) is 37.9 Å². The molecule has 1 aromatic heterocycles. The van der Waals surface area contributed by atoms with E-state index in [9.17, 15) is 28.9 Å². The number of hydrogen-bond acceptors (Lipinski definition) is 4. The lowest BCUT2D eigenvalue weighted by atomic mass is 9.92. The molecule has 0 aliphatic rings. The number of rotatable bonds is 6. The first kappa shape index (κ1) is 25.3. The van der Waals surface area contributed by atoms with E-state index in [1.54, 1.807) is 18.2 Å². The highest BCUT2D eigenvalue weighted by molar-refractivity contribution is 7.42. The Labute approximate surface area is 198 Å². The van der Waals surface area contributed by atoms with Gasteiger partial charge in [0.2, 0.25) is 13.2 Å². The molecule has 176 valence electrons. The SMILES string of the molecule is CC(C)c1nc(-c2ccccc2)cc(-c2ccc(F)cc2)c1C#CC(C(=O)O)(C(C)O)[PH](=O)O. The molecule has 0 saturated carbocycles. The van der Waals surface area contributed by atoms with Gasteiger partial charge in [0.25, 0.3) is 0 Å². The van der Waals surface area contributed by atoms with E-state index < -0.39 is 31.1 Å². The third-order valence-corrected chi connectivity index (χ3v) is 6.94. The predicted molar refractivity (Wildman–Crippen MR) is 129 cm³/mol. The first-order chi connectivity index (χ1) is 16.1. The summed E-state index contributed by atoms with van der Waals surface area (Å²) in [4.78, 5) is 26.5. The minimum Gasteiger partial charge on any atom is -0.480 e. The van der Waals surface area contributed by atoms with Gasteiger partial charge in [0, 0.05) is 11.1 Å². The Kier molecular flexibility index (Phi) is 7.68. The number of hydrogen-bond donors (Lipinski definition) is 3. The summed E-state index contributed by atoms with van der Waals surface area (Å²) in [7, 11) is -3.81. The summed E-state index contributed by atoms with van der Waals surface area (Å²) in [6, 6.07) is 16.9. The zero-order valence-electron chi connectivity index (χ0n) is 18.9. The second-order valence-electron chi connectivity index (χ2n) is 8.19. The van der Waals surface area contributed by atoms with Gasteiger partial charge in [0.15, 0.2) is 0 Å². The molecule has 0 saturated heterocycles. The number of aliphatic hydroxyl groups excluding tert-OH is 1. The standard InChI is InChI=1S/C26H25FNO5P/c1-16(2)24-21(13-14-26(17(3)29,25(30)31)34(32)33)22(18-9-11-20(27)12-10-18)15-23(28-24)19-7-5-4-6-8-19/h4-12,15-17,29,34H,1-3H3,(H,30,31)(H,32,33). The van der Waals surface area contributed by atoms with Crippen molar-refractivity contribution in [2.45, 2.75) is 37.9 Å². The summed E-state index contributed by atoms with van der Waals surface area (Å²) in [6.45, 7) is 4.90. The van der Waals surface area contributed by atoms with Crippen molar-refractivity contribution in [2.24, 2.45) is 0 Å². The van der Waals surface area contributed by atoms with E-state index in [0.29, 0.717) is 28.1 Å². The Morgan fingerprint density at radius 3 is 2.18 bits per heavy atom. The smallest absolute Gasteiger partial charge is 0.334 e. The Hall–Kier alpha value is -3.30. The van der Waals surface area contributed by atoms with Gasteiger partial charge in [0.1, 0.15) is 5.82 Å². The molecule has 0 fully saturated rings. The van der Waals surface area contributed by atoms with Gasteiger partial charge in [-0.1, -0.05) is 68.2 Å². The highest BCUT2D eigenvalue weighted by Crippen LogP contribution is 2.39. The fourth-order valence-electron chi connectivity index (χ4n) is 3.55. The minimum absolute atomic E-state index is 0.149. The zero-order chi connectivity index (χ0) is 25.0. The number of carboxylic acid groups (broad SMARTS) is 1. The number of aliphatic hydroxyl groups is 1. The molecular formula is C26H25FNO5P.